The molecule has 19 heavy (non-hydrogen) atoms. The lowest BCUT2D eigenvalue weighted by Crippen LogP contribution is -2.23. The SMILES string of the molecule is CC(C)(CC(=O)O)c1cc(F)cc(Br)c1OC1CC1. The Hall–Kier alpha value is -1.10. The van der Waals surface area contributed by atoms with Crippen LogP contribution in [0.2, 0.25) is 0 Å². The number of carboxylic acids is 1. The zero-order chi connectivity index (χ0) is 14.2. The number of halogens is 2. The van der Waals surface area contributed by atoms with Crippen LogP contribution in [0.3, 0.4) is 0 Å². The zero-order valence-corrected chi connectivity index (χ0v) is 12.5. The average molecular weight is 331 g/mol. The highest BCUT2D eigenvalue weighted by molar-refractivity contribution is 9.10. The molecule has 5 heteroatoms. The average Bonchev–Trinajstić information content (AvgIpc) is 3.03. The van der Waals surface area contributed by atoms with Crippen LogP contribution in [-0.2, 0) is 10.2 Å². The molecular formula is C14H16BrFO3. The van der Waals surface area contributed by atoms with Crippen molar-refractivity contribution in [2.45, 2.75) is 44.6 Å². The number of hydrogen-bond donors (Lipinski definition) is 1. The number of aliphatic carboxylic acids is 1. The van der Waals surface area contributed by atoms with Crippen molar-refractivity contribution in [3.8, 4) is 5.75 Å². The van der Waals surface area contributed by atoms with E-state index in [9.17, 15) is 9.18 Å². The molecule has 0 atom stereocenters. The van der Waals surface area contributed by atoms with E-state index in [0.717, 1.165) is 12.8 Å². The summed E-state index contributed by atoms with van der Waals surface area (Å²) in [6.07, 6.45) is 2.07. The highest BCUT2D eigenvalue weighted by Crippen LogP contribution is 2.42. The van der Waals surface area contributed by atoms with Gasteiger partial charge in [0.25, 0.3) is 0 Å². The molecule has 0 heterocycles. The van der Waals surface area contributed by atoms with E-state index in [4.69, 9.17) is 9.84 Å². The Kier molecular flexibility index (Phi) is 3.85. The molecule has 1 aromatic carbocycles. The van der Waals surface area contributed by atoms with Gasteiger partial charge in [0.15, 0.2) is 0 Å². The van der Waals surface area contributed by atoms with Crippen molar-refractivity contribution < 1.29 is 19.0 Å². The number of hydrogen-bond acceptors (Lipinski definition) is 2. The van der Waals surface area contributed by atoms with E-state index in [-0.39, 0.29) is 12.5 Å². The van der Waals surface area contributed by atoms with Crippen LogP contribution in [0.5, 0.6) is 5.75 Å². The van der Waals surface area contributed by atoms with E-state index in [0.29, 0.717) is 15.8 Å². The molecule has 1 fully saturated rings. The Bertz CT molecular complexity index is 510. The van der Waals surface area contributed by atoms with Crippen molar-refractivity contribution in [3.05, 3.63) is 28.0 Å². The fourth-order valence-corrected chi connectivity index (χ4v) is 2.53. The molecule has 0 aliphatic heterocycles. The van der Waals surface area contributed by atoms with E-state index >= 15 is 0 Å². The van der Waals surface area contributed by atoms with E-state index < -0.39 is 17.2 Å². The Morgan fingerprint density at radius 1 is 1.53 bits per heavy atom. The predicted octanol–water partition coefficient (Wildman–Crippen LogP) is 3.88. The number of rotatable bonds is 5. The maximum Gasteiger partial charge on any atom is 0.304 e. The minimum Gasteiger partial charge on any atom is -0.489 e. The molecule has 1 aliphatic carbocycles. The second-order valence-electron chi connectivity index (χ2n) is 5.54. The van der Waals surface area contributed by atoms with Crippen molar-refractivity contribution in [1.82, 2.24) is 0 Å². The molecule has 0 saturated heterocycles. The molecule has 1 saturated carbocycles. The third kappa shape index (κ3) is 3.47. The lowest BCUT2D eigenvalue weighted by atomic mass is 9.81. The Labute approximate surface area is 119 Å². The third-order valence-corrected chi connectivity index (χ3v) is 3.73. The van der Waals surface area contributed by atoms with Gasteiger partial charge in [-0.3, -0.25) is 4.79 Å². The first-order valence-corrected chi connectivity index (χ1v) is 6.97. The van der Waals surface area contributed by atoms with Crippen molar-refractivity contribution in [3.63, 3.8) is 0 Å². The van der Waals surface area contributed by atoms with E-state index in [1.165, 1.54) is 12.1 Å². The maximum atomic E-state index is 13.6. The molecule has 3 nitrogen and oxygen atoms in total. The maximum absolute atomic E-state index is 13.6. The molecule has 0 bridgehead atoms. The van der Waals surface area contributed by atoms with Crippen molar-refractivity contribution in [2.75, 3.05) is 0 Å². The summed E-state index contributed by atoms with van der Waals surface area (Å²) in [4.78, 5) is 11.0. The largest absolute Gasteiger partial charge is 0.489 e. The first kappa shape index (κ1) is 14.3. The van der Waals surface area contributed by atoms with Gasteiger partial charge in [-0.15, -0.1) is 0 Å². The second kappa shape index (κ2) is 5.12. The fraction of sp³-hybridized carbons (Fsp3) is 0.500. The summed E-state index contributed by atoms with van der Waals surface area (Å²) < 4.78 is 19.9. The van der Waals surface area contributed by atoms with Gasteiger partial charge in [-0.05, 0) is 40.9 Å². The van der Waals surface area contributed by atoms with Crippen LogP contribution in [0.4, 0.5) is 4.39 Å². The van der Waals surface area contributed by atoms with Crippen molar-refractivity contribution >= 4 is 21.9 Å². The molecule has 0 unspecified atom stereocenters. The minimum absolute atomic E-state index is 0.0794. The number of benzene rings is 1. The summed E-state index contributed by atoms with van der Waals surface area (Å²) in [7, 11) is 0. The molecule has 0 aromatic heterocycles. The van der Waals surface area contributed by atoms with Gasteiger partial charge in [-0.25, -0.2) is 4.39 Å². The monoisotopic (exact) mass is 330 g/mol. The lowest BCUT2D eigenvalue weighted by molar-refractivity contribution is -0.138. The van der Waals surface area contributed by atoms with Crippen LogP contribution in [0.25, 0.3) is 0 Å². The second-order valence-corrected chi connectivity index (χ2v) is 6.39. The summed E-state index contributed by atoms with van der Waals surface area (Å²) in [6, 6.07) is 2.71. The van der Waals surface area contributed by atoms with Crippen LogP contribution in [-0.4, -0.2) is 17.2 Å². The number of ether oxygens (including phenoxy) is 1. The van der Waals surface area contributed by atoms with Gasteiger partial charge in [0.05, 0.1) is 17.0 Å². The fourth-order valence-electron chi connectivity index (χ4n) is 2.01. The summed E-state index contributed by atoms with van der Waals surface area (Å²) in [6.45, 7) is 3.56. The zero-order valence-electron chi connectivity index (χ0n) is 10.9. The van der Waals surface area contributed by atoms with Gasteiger partial charge in [0.1, 0.15) is 11.6 Å². The Morgan fingerprint density at radius 2 is 2.16 bits per heavy atom. The Morgan fingerprint density at radius 3 is 2.68 bits per heavy atom. The quantitative estimate of drug-likeness (QED) is 0.891. The highest BCUT2D eigenvalue weighted by Gasteiger charge is 2.32. The van der Waals surface area contributed by atoms with Gasteiger partial charge >= 0.3 is 5.97 Å². The molecule has 0 spiro atoms. The molecule has 104 valence electrons. The Balaban J connectivity index is 2.43. The number of carboxylic acid groups (broad SMARTS) is 1. The molecule has 0 amide bonds. The molecule has 2 rings (SSSR count). The van der Waals surface area contributed by atoms with Crippen molar-refractivity contribution in [2.24, 2.45) is 0 Å². The van der Waals surface area contributed by atoms with Crippen LogP contribution in [0, 0.1) is 5.82 Å². The smallest absolute Gasteiger partial charge is 0.304 e. The van der Waals surface area contributed by atoms with Gasteiger partial charge in [0.2, 0.25) is 0 Å². The molecular weight excluding hydrogens is 315 g/mol. The van der Waals surface area contributed by atoms with Crippen LogP contribution < -0.4 is 4.74 Å². The van der Waals surface area contributed by atoms with Gasteiger partial charge in [0, 0.05) is 11.0 Å². The summed E-state index contributed by atoms with van der Waals surface area (Å²) >= 11 is 3.30. The highest BCUT2D eigenvalue weighted by atomic mass is 79.9. The van der Waals surface area contributed by atoms with Crippen LogP contribution in [0.1, 0.15) is 38.7 Å². The summed E-state index contributed by atoms with van der Waals surface area (Å²) in [5, 5.41) is 8.99. The normalized spacial score (nSPS) is 15.4. The first-order valence-electron chi connectivity index (χ1n) is 6.17. The molecule has 0 radical (unpaired) electrons. The lowest BCUT2D eigenvalue weighted by Gasteiger charge is -2.26. The first-order chi connectivity index (χ1) is 8.79. The van der Waals surface area contributed by atoms with Gasteiger partial charge < -0.3 is 9.84 Å². The topological polar surface area (TPSA) is 46.5 Å². The molecule has 1 aliphatic rings. The van der Waals surface area contributed by atoms with Gasteiger partial charge in [-0.1, -0.05) is 13.8 Å². The standard InChI is InChI=1S/C14H16BrFO3/c1-14(2,7-12(17)18)10-5-8(16)6-11(15)13(10)19-9-3-4-9/h5-6,9H,3-4,7H2,1-2H3,(H,17,18). The van der Waals surface area contributed by atoms with E-state index in [1.807, 2.05) is 0 Å². The van der Waals surface area contributed by atoms with Gasteiger partial charge in [-0.2, -0.15) is 0 Å². The van der Waals surface area contributed by atoms with Crippen molar-refractivity contribution in [1.29, 1.82) is 0 Å². The van der Waals surface area contributed by atoms with Crippen LogP contribution in [0.15, 0.2) is 16.6 Å². The summed E-state index contributed by atoms with van der Waals surface area (Å²) in [5.74, 6) is -0.749. The predicted molar refractivity (Wildman–Crippen MR) is 73.0 cm³/mol. The van der Waals surface area contributed by atoms with E-state index in [2.05, 4.69) is 15.9 Å². The van der Waals surface area contributed by atoms with Crippen LogP contribution >= 0.6 is 15.9 Å². The minimum atomic E-state index is -0.914. The molecule has 1 N–H and O–H groups in total. The molecule has 1 aromatic rings. The number of carbonyl (C=O) groups is 1. The summed E-state index contributed by atoms with van der Waals surface area (Å²) in [5.41, 5.74) is -0.102. The van der Waals surface area contributed by atoms with E-state index in [1.54, 1.807) is 13.8 Å². The third-order valence-electron chi connectivity index (χ3n) is 3.14.